The van der Waals surface area contributed by atoms with Crippen molar-refractivity contribution in [1.29, 1.82) is 5.26 Å². The molecule has 1 unspecified atom stereocenters. The van der Waals surface area contributed by atoms with Gasteiger partial charge in [-0.2, -0.15) is 5.26 Å². The normalized spacial score (nSPS) is 11.6. The molecule has 8 nitrogen and oxygen atoms in total. The van der Waals surface area contributed by atoms with Crippen molar-refractivity contribution in [3.8, 4) is 17.6 Å². The number of nitriles is 1. The number of carbonyl (C=O) groups excluding carboxylic acids is 2. The molecule has 0 radical (unpaired) electrons. The molecule has 2 rings (SSSR count). The van der Waals surface area contributed by atoms with Crippen LogP contribution in [0.5, 0.6) is 11.5 Å². The van der Waals surface area contributed by atoms with E-state index in [1.54, 1.807) is 49.4 Å². The molecule has 30 heavy (non-hydrogen) atoms. The van der Waals surface area contributed by atoms with Crippen LogP contribution in [0.4, 0.5) is 5.69 Å². The zero-order valence-electron chi connectivity index (χ0n) is 17.2. The van der Waals surface area contributed by atoms with Crippen LogP contribution in [-0.2, 0) is 9.53 Å². The first-order valence-corrected chi connectivity index (χ1v) is 9.02. The fourth-order valence-electron chi connectivity index (χ4n) is 2.68. The lowest BCUT2D eigenvalue weighted by molar-refractivity contribution is -0.117. The third-order valence-electron chi connectivity index (χ3n) is 4.32. The van der Waals surface area contributed by atoms with Crippen LogP contribution in [0.25, 0.3) is 0 Å². The van der Waals surface area contributed by atoms with Crippen molar-refractivity contribution in [1.82, 2.24) is 5.32 Å². The molecular weight excluding hydrogens is 386 g/mol. The van der Waals surface area contributed by atoms with E-state index >= 15 is 0 Å². The first-order valence-electron chi connectivity index (χ1n) is 9.02. The second-order valence-electron chi connectivity index (χ2n) is 6.16. The Morgan fingerprint density at radius 1 is 1.07 bits per heavy atom. The molecule has 0 aliphatic heterocycles. The molecule has 0 fully saturated rings. The highest BCUT2D eigenvalue weighted by Gasteiger charge is 2.16. The predicted molar refractivity (Wildman–Crippen MR) is 111 cm³/mol. The summed E-state index contributed by atoms with van der Waals surface area (Å²) in [7, 11) is 4.34. The molecule has 1 atom stereocenters. The quantitative estimate of drug-likeness (QED) is 0.391. The number of nitrogens with one attached hydrogen (secondary N) is 2. The number of carbonyl (C=O) groups is 2. The maximum absolute atomic E-state index is 12.5. The largest absolute Gasteiger partial charge is 0.493 e. The Kier molecular flexibility index (Phi) is 7.82. The summed E-state index contributed by atoms with van der Waals surface area (Å²) in [6.45, 7) is 1.79. The van der Waals surface area contributed by atoms with Crippen LogP contribution in [0.15, 0.2) is 54.2 Å². The van der Waals surface area contributed by atoms with E-state index in [0.717, 1.165) is 5.56 Å². The number of rotatable bonds is 8. The van der Waals surface area contributed by atoms with Crippen molar-refractivity contribution in [3.05, 3.63) is 65.4 Å². The van der Waals surface area contributed by atoms with Crippen LogP contribution < -0.4 is 20.1 Å². The molecule has 0 bridgehead atoms. The Morgan fingerprint density at radius 2 is 1.77 bits per heavy atom. The molecular formula is C22H23N3O5. The number of amides is 1. The summed E-state index contributed by atoms with van der Waals surface area (Å²) < 4.78 is 15.2. The van der Waals surface area contributed by atoms with Gasteiger partial charge in [0.15, 0.2) is 11.5 Å². The number of methoxy groups -OCH3 is 3. The van der Waals surface area contributed by atoms with Gasteiger partial charge in [-0.1, -0.05) is 18.2 Å². The van der Waals surface area contributed by atoms with Crippen molar-refractivity contribution in [2.24, 2.45) is 0 Å². The molecule has 0 spiro atoms. The van der Waals surface area contributed by atoms with E-state index in [1.165, 1.54) is 27.5 Å². The van der Waals surface area contributed by atoms with Gasteiger partial charge in [0.1, 0.15) is 11.6 Å². The number of esters is 1. The Morgan fingerprint density at radius 3 is 2.40 bits per heavy atom. The minimum atomic E-state index is -0.567. The molecule has 2 N–H and O–H groups in total. The highest BCUT2D eigenvalue weighted by atomic mass is 16.5. The van der Waals surface area contributed by atoms with Gasteiger partial charge in [-0.05, 0) is 36.8 Å². The molecule has 2 aromatic rings. The molecule has 0 heterocycles. The molecule has 0 aromatic heterocycles. The Labute approximate surface area is 175 Å². The van der Waals surface area contributed by atoms with Crippen LogP contribution in [0, 0.1) is 11.3 Å². The number of hydrogen-bond acceptors (Lipinski definition) is 7. The average molecular weight is 409 g/mol. The van der Waals surface area contributed by atoms with E-state index in [0.29, 0.717) is 17.2 Å². The van der Waals surface area contributed by atoms with E-state index < -0.39 is 17.9 Å². The lowest BCUT2D eigenvalue weighted by Crippen LogP contribution is -2.28. The SMILES string of the molecule is COC(=O)c1ccccc1N/C=C(/C#N)C(=O)NC(C)c1ccc(OC)c(OC)c1. The van der Waals surface area contributed by atoms with Gasteiger partial charge in [0, 0.05) is 6.20 Å². The fourth-order valence-corrected chi connectivity index (χ4v) is 2.68. The van der Waals surface area contributed by atoms with E-state index in [2.05, 4.69) is 10.6 Å². The Hall–Kier alpha value is -3.99. The minimum absolute atomic E-state index is 0.151. The first kappa shape index (κ1) is 22.3. The maximum atomic E-state index is 12.5. The van der Waals surface area contributed by atoms with Crippen LogP contribution in [0.3, 0.4) is 0 Å². The zero-order valence-corrected chi connectivity index (χ0v) is 17.2. The third-order valence-corrected chi connectivity index (χ3v) is 4.32. The van der Waals surface area contributed by atoms with Gasteiger partial charge in [0.25, 0.3) is 5.91 Å². The van der Waals surface area contributed by atoms with Crippen molar-refractivity contribution in [2.45, 2.75) is 13.0 Å². The van der Waals surface area contributed by atoms with E-state index in [9.17, 15) is 14.9 Å². The lowest BCUT2D eigenvalue weighted by atomic mass is 10.1. The van der Waals surface area contributed by atoms with Gasteiger partial charge in [-0.15, -0.1) is 0 Å². The molecule has 156 valence electrons. The van der Waals surface area contributed by atoms with Crippen molar-refractivity contribution < 1.29 is 23.8 Å². The Balaban J connectivity index is 2.15. The molecule has 0 saturated carbocycles. The number of hydrogen-bond donors (Lipinski definition) is 2. The summed E-state index contributed by atoms with van der Waals surface area (Å²) in [5, 5.41) is 15.0. The Bertz CT molecular complexity index is 995. The summed E-state index contributed by atoms with van der Waals surface area (Å²) in [4.78, 5) is 24.4. The molecule has 0 aliphatic rings. The zero-order chi connectivity index (χ0) is 22.1. The van der Waals surface area contributed by atoms with Crippen molar-refractivity contribution >= 4 is 17.6 Å². The standard InChI is InChI=1S/C22H23N3O5/c1-14(15-9-10-19(28-2)20(11-15)29-3)25-21(26)16(12-23)13-24-18-8-6-5-7-17(18)22(27)30-4/h5-11,13-14,24H,1-4H3,(H,25,26)/b16-13-. The lowest BCUT2D eigenvalue weighted by Gasteiger charge is -2.16. The van der Waals surface area contributed by atoms with Gasteiger partial charge in [0.2, 0.25) is 0 Å². The summed E-state index contributed by atoms with van der Waals surface area (Å²) in [5.74, 6) is 0.0125. The average Bonchev–Trinajstić information content (AvgIpc) is 2.78. The fraction of sp³-hybridized carbons (Fsp3) is 0.227. The smallest absolute Gasteiger partial charge is 0.339 e. The summed E-state index contributed by atoms with van der Waals surface area (Å²) in [5.41, 5.74) is 1.33. The third kappa shape index (κ3) is 5.29. The number of anilines is 1. The summed E-state index contributed by atoms with van der Waals surface area (Å²) in [6, 6.07) is 13.4. The van der Waals surface area contributed by atoms with Crippen LogP contribution >= 0.6 is 0 Å². The molecule has 2 aromatic carbocycles. The summed E-state index contributed by atoms with van der Waals surface area (Å²) >= 11 is 0. The van der Waals surface area contributed by atoms with Crippen molar-refractivity contribution in [2.75, 3.05) is 26.6 Å². The number of benzene rings is 2. The highest BCUT2D eigenvalue weighted by molar-refractivity contribution is 5.99. The molecule has 0 saturated heterocycles. The second kappa shape index (κ2) is 10.5. The molecule has 8 heteroatoms. The van der Waals surface area contributed by atoms with Crippen LogP contribution in [0.2, 0.25) is 0 Å². The van der Waals surface area contributed by atoms with Crippen molar-refractivity contribution in [3.63, 3.8) is 0 Å². The van der Waals surface area contributed by atoms with Gasteiger partial charge in [0.05, 0.1) is 38.6 Å². The monoisotopic (exact) mass is 409 g/mol. The highest BCUT2D eigenvalue weighted by Crippen LogP contribution is 2.30. The van der Waals surface area contributed by atoms with E-state index in [-0.39, 0.29) is 11.1 Å². The summed E-state index contributed by atoms with van der Waals surface area (Å²) in [6.07, 6.45) is 1.25. The first-order chi connectivity index (χ1) is 14.4. The van der Waals surface area contributed by atoms with Gasteiger partial charge >= 0.3 is 5.97 Å². The topological polar surface area (TPSA) is 110 Å². The van der Waals surface area contributed by atoms with Crippen LogP contribution in [0.1, 0.15) is 28.9 Å². The van der Waals surface area contributed by atoms with Crippen LogP contribution in [-0.4, -0.2) is 33.2 Å². The predicted octanol–water partition coefficient (Wildman–Crippen LogP) is 3.19. The molecule has 0 aliphatic carbocycles. The van der Waals surface area contributed by atoms with Gasteiger partial charge in [-0.3, -0.25) is 4.79 Å². The number of ether oxygens (including phenoxy) is 3. The second-order valence-corrected chi connectivity index (χ2v) is 6.16. The minimum Gasteiger partial charge on any atom is -0.493 e. The van der Waals surface area contributed by atoms with Gasteiger partial charge < -0.3 is 24.8 Å². The number of nitrogens with zero attached hydrogens (tertiary/aromatic N) is 1. The number of para-hydroxylation sites is 1. The van der Waals surface area contributed by atoms with Gasteiger partial charge in [-0.25, -0.2) is 4.79 Å². The van der Waals surface area contributed by atoms with E-state index in [1.807, 2.05) is 6.07 Å². The van der Waals surface area contributed by atoms with E-state index in [4.69, 9.17) is 14.2 Å². The molecule has 1 amide bonds. The maximum Gasteiger partial charge on any atom is 0.339 e.